The van der Waals surface area contributed by atoms with Gasteiger partial charge in [0, 0.05) is 30.9 Å². The molecule has 0 radical (unpaired) electrons. The van der Waals surface area contributed by atoms with E-state index in [0.717, 1.165) is 37.6 Å². The molecule has 2 saturated heterocycles. The van der Waals surface area contributed by atoms with Crippen molar-refractivity contribution in [3.05, 3.63) is 71.7 Å². The molecule has 2 fully saturated rings. The first-order valence-electron chi connectivity index (χ1n) is 12.2. The van der Waals surface area contributed by atoms with Crippen LogP contribution in [0.4, 0.5) is 5.13 Å². The van der Waals surface area contributed by atoms with Gasteiger partial charge in [-0.3, -0.25) is 4.79 Å². The maximum Gasteiger partial charge on any atom is 0.273 e. The molecule has 1 amide bonds. The van der Waals surface area contributed by atoms with Gasteiger partial charge in [0.05, 0.1) is 0 Å². The molecular weight excluding hydrogens is 458 g/mol. The lowest BCUT2D eigenvalue weighted by molar-refractivity contribution is 0.00493. The second-order valence-electron chi connectivity index (χ2n) is 10.4. The van der Waals surface area contributed by atoms with Crippen molar-refractivity contribution < 1.29 is 9.22 Å². The van der Waals surface area contributed by atoms with E-state index < -0.39 is 9.04 Å². The Bertz CT molecular complexity index is 1070. The molecule has 0 aliphatic carbocycles. The van der Waals surface area contributed by atoms with Crippen LogP contribution in [-0.2, 0) is 4.43 Å². The second-order valence-corrected chi connectivity index (χ2v) is 13.6. The van der Waals surface area contributed by atoms with Crippen molar-refractivity contribution in [2.75, 3.05) is 24.5 Å². The number of carbonyl (C=O) groups is 1. The zero-order valence-corrected chi connectivity index (χ0v) is 22.2. The predicted octanol–water partition coefficient (Wildman–Crippen LogP) is 3.74. The number of rotatable bonds is 6. The van der Waals surface area contributed by atoms with Gasteiger partial charge in [-0.15, -0.1) is 11.3 Å². The van der Waals surface area contributed by atoms with Crippen molar-refractivity contribution in [3.8, 4) is 0 Å². The first-order chi connectivity index (χ1) is 16.4. The van der Waals surface area contributed by atoms with Gasteiger partial charge in [-0.1, -0.05) is 81.4 Å². The Morgan fingerprint density at radius 2 is 1.59 bits per heavy atom. The van der Waals surface area contributed by atoms with Crippen molar-refractivity contribution in [1.82, 2.24) is 9.88 Å². The number of carbonyl (C=O) groups excluding carboxylic acids is 1. The Balaban J connectivity index is 1.43. The zero-order valence-electron chi connectivity index (χ0n) is 20.2. The quantitative estimate of drug-likeness (QED) is 0.493. The number of hydrogen-bond acceptors (Lipinski definition) is 5. The molecule has 5 nitrogen and oxygen atoms in total. The minimum Gasteiger partial charge on any atom is -0.391 e. The SMILES string of the molecule is CC(C)(C)C1CN(c2nc(C(=O)N3CCCC3)cs2)C1O[SiH](c1ccccc1)c1ccccc1. The molecule has 3 aromatic rings. The molecule has 178 valence electrons. The van der Waals surface area contributed by atoms with Crippen LogP contribution in [0, 0.1) is 11.3 Å². The highest BCUT2D eigenvalue weighted by Gasteiger charge is 2.48. The molecule has 2 atom stereocenters. The van der Waals surface area contributed by atoms with Crippen molar-refractivity contribution in [1.29, 1.82) is 0 Å². The molecule has 0 saturated carbocycles. The average Bonchev–Trinajstić information content (AvgIpc) is 3.52. The predicted molar refractivity (Wildman–Crippen MR) is 142 cm³/mol. The van der Waals surface area contributed by atoms with Crippen molar-refractivity contribution in [2.24, 2.45) is 11.3 Å². The van der Waals surface area contributed by atoms with Gasteiger partial charge in [0.25, 0.3) is 5.91 Å². The van der Waals surface area contributed by atoms with Gasteiger partial charge in [0.2, 0.25) is 9.04 Å². The molecule has 5 rings (SSSR count). The number of likely N-dealkylation sites (tertiary alicyclic amines) is 1. The summed E-state index contributed by atoms with van der Waals surface area (Å²) in [6.45, 7) is 9.44. The van der Waals surface area contributed by atoms with Crippen molar-refractivity contribution >= 4 is 41.8 Å². The van der Waals surface area contributed by atoms with E-state index in [1.807, 2.05) is 10.3 Å². The Kier molecular flexibility index (Phi) is 6.60. The van der Waals surface area contributed by atoms with E-state index in [1.165, 1.54) is 10.4 Å². The largest absolute Gasteiger partial charge is 0.391 e. The summed E-state index contributed by atoms with van der Waals surface area (Å²) in [4.78, 5) is 21.9. The van der Waals surface area contributed by atoms with E-state index >= 15 is 0 Å². The lowest BCUT2D eigenvalue weighted by atomic mass is 9.74. The fourth-order valence-corrected chi connectivity index (χ4v) is 8.16. The smallest absolute Gasteiger partial charge is 0.273 e. The highest BCUT2D eigenvalue weighted by atomic mass is 32.1. The van der Waals surface area contributed by atoms with Gasteiger partial charge < -0.3 is 14.2 Å². The van der Waals surface area contributed by atoms with E-state index in [0.29, 0.717) is 11.6 Å². The van der Waals surface area contributed by atoms with Crippen LogP contribution < -0.4 is 15.3 Å². The minimum absolute atomic E-state index is 0.0574. The van der Waals surface area contributed by atoms with E-state index in [9.17, 15) is 4.79 Å². The maximum atomic E-state index is 12.9. The van der Waals surface area contributed by atoms with E-state index in [1.54, 1.807) is 11.3 Å². The normalized spacial score (nSPS) is 20.6. The van der Waals surface area contributed by atoms with Gasteiger partial charge in [-0.05, 0) is 28.6 Å². The Morgan fingerprint density at radius 3 is 2.15 bits per heavy atom. The molecule has 0 spiro atoms. The van der Waals surface area contributed by atoms with Gasteiger partial charge in [0.1, 0.15) is 11.9 Å². The van der Waals surface area contributed by atoms with Crippen molar-refractivity contribution in [3.63, 3.8) is 0 Å². The molecule has 34 heavy (non-hydrogen) atoms. The summed E-state index contributed by atoms with van der Waals surface area (Å²) in [5, 5.41) is 5.36. The molecule has 7 heteroatoms. The van der Waals surface area contributed by atoms with Crippen LogP contribution in [0.25, 0.3) is 0 Å². The molecule has 2 aliphatic heterocycles. The monoisotopic (exact) mass is 491 g/mol. The summed E-state index contributed by atoms with van der Waals surface area (Å²) in [6, 6.07) is 21.3. The highest BCUT2D eigenvalue weighted by molar-refractivity contribution is 7.14. The summed E-state index contributed by atoms with van der Waals surface area (Å²) in [5.41, 5.74) is 0.679. The van der Waals surface area contributed by atoms with Gasteiger partial charge >= 0.3 is 0 Å². The van der Waals surface area contributed by atoms with Crippen LogP contribution in [0.15, 0.2) is 66.0 Å². The number of thiazole rings is 1. The number of anilines is 1. The van der Waals surface area contributed by atoms with E-state index in [4.69, 9.17) is 9.41 Å². The number of aromatic nitrogens is 1. The van der Waals surface area contributed by atoms with Gasteiger partial charge in [-0.2, -0.15) is 0 Å². The molecule has 0 bridgehead atoms. The number of benzene rings is 2. The van der Waals surface area contributed by atoms with Crippen LogP contribution in [0.1, 0.15) is 44.1 Å². The molecule has 2 aliphatic rings. The van der Waals surface area contributed by atoms with Gasteiger partial charge in [0.15, 0.2) is 5.13 Å². The van der Waals surface area contributed by atoms with Crippen LogP contribution >= 0.6 is 11.3 Å². The van der Waals surface area contributed by atoms with Crippen LogP contribution in [-0.4, -0.2) is 50.7 Å². The van der Waals surface area contributed by atoms with E-state index in [2.05, 4.69) is 86.3 Å². The molecule has 2 unspecified atom stereocenters. The minimum atomic E-state index is -1.92. The summed E-state index contributed by atoms with van der Waals surface area (Å²) < 4.78 is 7.07. The number of amides is 1. The summed E-state index contributed by atoms with van der Waals surface area (Å²) in [5.74, 6) is 0.447. The molecule has 1 aromatic heterocycles. The molecule has 2 aromatic carbocycles. The number of hydrogen-bond donors (Lipinski definition) is 0. The molecule has 0 N–H and O–H groups in total. The summed E-state index contributed by atoms with van der Waals surface area (Å²) in [7, 11) is -1.92. The average molecular weight is 492 g/mol. The molecule has 3 heterocycles. The lowest BCUT2D eigenvalue weighted by Crippen LogP contribution is -2.65. The molecular formula is C27H33N3O2SSi. The fraction of sp³-hybridized carbons (Fsp3) is 0.407. The van der Waals surface area contributed by atoms with Crippen molar-refractivity contribution in [2.45, 2.75) is 39.8 Å². The highest BCUT2D eigenvalue weighted by Crippen LogP contribution is 2.43. The first kappa shape index (κ1) is 23.3. The Hall–Kier alpha value is -2.48. The van der Waals surface area contributed by atoms with Gasteiger partial charge in [-0.25, -0.2) is 4.98 Å². The van der Waals surface area contributed by atoms with Crippen LogP contribution in [0.3, 0.4) is 0 Å². The topological polar surface area (TPSA) is 45.7 Å². The maximum absolute atomic E-state index is 12.9. The van der Waals surface area contributed by atoms with Crippen LogP contribution in [0.2, 0.25) is 0 Å². The standard InChI is InChI=1S/C27H33N3O2SSi/c1-27(2,3)22-18-30(26-28-23(19-33-26)24(31)29-16-10-11-17-29)25(22)32-34(20-12-6-4-7-13-20)21-14-8-5-9-15-21/h4-9,12-15,19,22,25,34H,10-11,16-18H2,1-3H3. The Morgan fingerprint density at radius 1 is 1.00 bits per heavy atom. The lowest BCUT2D eigenvalue weighted by Gasteiger charge is -2.54. The van der Waals surface area contributed by atoms with E-state index in [-0.39, 0.29) is 17.6 Å². The Labute approximate surface area is 208 Å². The number of nitrogens with zero attached hydrogens (tertiary/aromatic N) is 3. The first-order valence-corrected chi connectivity index (χ1v) is 14.7. The van der Waals surface area contributed by atoms with Crippen LogP contribution in [0.5, 0.6) is 0 Å². The second kappa shape index (κ2) is 9.64. The summed E-state index contributed by atoms with van der Waals surface area (Å²) in [6.07, 6.45) is 2.12. The third kappa shape index (κ3) is 4.69. The third-order valence-electron chi connectivity index (χ3n) is 6.99. The zero-order chi connectivity index (χ0) is 23.7. The third-order valence-corrected chi connectivity index (χ3v) is 10.4. The fourth-order valence-electron chi connectivity index (χ4n) is 4.86. The summed E-state index contributed by atoms with van der Waals surface area (Å²) >= 11 is 1.56.